The molecule has 7 nitrogen and oxygen atoms in total. The minimum Gasteiger partial charge on any atom is -0.446 e. The van der Waals surface area contributed by atoms with Gasteiger partial charge in [-0.25, -0.2) is 10.9 Å². The number of amides is 2. The summed E-state index contributed by atoms with van der Waals surface area (Å²) in [4.78, 5) is 25.2. The van der Waals surface area contributed by atoms with Crippen LogP contribution in [0.2, 0.25) is 0 Å². The summed E-state index contributed by atoms with van der Waals surface area (Å²) in [6, 6.07) is 22.3. The summed E-state index contributed by atoms with van der Waals surface area (Å²) in [5.74, 6) is -1.05. The fourth-order valence-corrected chi connectivity index (χ4v) is 3.41. The Morgan fingerprint density at radius 1 is 0.657 bits per heavy atom. The molecular formula is C28H32N4O3. The number of hydrazone groups is 2. The van der Waals surface area contributed by atoms with Crippen LogP contribution >= 0.6 is 0 Å². The summed E-state index contributed by atoms with van der Waals surface area (Å²) in [5, 5.41) is 8.64. The van der Waals surface area contributed by atoms with Crippen molar-refractivity contribution in [3.8, 4) is 0 Å². The van der Waals surface area contributed by atoms with Crippen molar-refractivity contribution in [1.29, 1.82) is 0 Å². The molecule has 1 aromatic heterocycles. The second kappa shape index (κ2) is 13.6. The van der Waals surface area contributed by atoms with E-state index >= 15 is 0 Å². The van der Waals surface area contributed by atoms with Crippen molar-refractivity contribution in [3.63, 3.8) is 0 Å². The van der Waals surface area contributed by atoms with Gasteiger partial charge in [-0.3, -0.25) is 9.59 Å². The maximum Gasteiger partial charge on any atom is 0.307 e. The van der Waals surface area contributed by atoms with Gasteiger partial charge in [0.05, 0.1) is 11.4 Å². The van der Waals surface area contributed by atoms with E-state index in [4.69, 9.17) is 4.42 Å². The van der Waals surface area contributed by atoms with Crippen LogP contribution in [0.3, 0.4) is 0 Å². The molecule has 35 heavy (non-hydrogen) atoms. The van der Waals surface area contributed by atoms with E-state index in [0.717, 1.165) is 61.1 Å². The Kier molecular flexibility index (Phi) is 9.99. The molecule has 0 unspecified atom stereocenters. The lowest BCUT2D eigenvalue weighted by atomic mass is 10.1. The summed E-state index contributed by atoms with van der Waals surface area (Å²) in [7, 11) is 0. The van der Waals surface area contributed by atoms with E-state index in [0.29, 0.717) is 0 Å². The number of hydrogen-bond acceptors (Lipinski definition) is 5. The number of nitrogens with one attached hydrogen (secondary N) is 2. The Morgan fingerprint density at radius 3 is 1.43 bits per heavy atom. The molecule has 3 rings (SSSR count). The maximum absolute atomic E-state index is 12.6. The lowest BCUT2D eigenvalue weighted by Crippen LogP contribution is -2.21. The number of furan rings is 1. The highest BCUT2D eigenvalue weighted by molar-refractivity contribution is 6.03. The zero-order valence-corrected chi connectivity index (χ0v) is 20.3. The zero-order chi connectivity index (χ0) is 24.9. The summed E-state index contributed by atoms with van der Waals surface area (Å²) < 4.78 is 5.48. The first kappa shape index (κ1) is 25.6. The van der Waals surface area contributed by atoms with E-state index in [-0.39, 0.29) is 11.5 Å². The number of hydrogen-bond donors (Lipinski definition) is 2. The highest BCUT2D eigenvalue weighted by atomic mass is 16.4. The van der Waals surface area contributed by atoms with Gasteiger partial charge in [0.1, 0.15) is 0 Å². The van der Waals surface area contributed by atoms with Gasteiger partial charge in [-0.05, 0) is 48.9 Å². The number of unbranched alkanes of at least 4 members (excludes halogenated alkanes) is 2. The topological polar surface area (TPSA) is 96.1 Å². The largest absolute Gasteiger partial charge is 0.446 e. The molecule has 0 saturated carbocycles. The fraction of sp³-hybridized carbons (Fsp3) is 0.286. The molecule has 0 saturated heterocycles. The summed E-state index contributed by atoms with van der Waals surface area (Å²) >= 11 is 0. The van der Waals surface area contributed by atoms with Gasteiger partial charge in [0.15, 0.2) is 11.5 Å². The van der Waals surface area contributed by atoms with Gasteiger partial charge in [0.25, 0.3) is 0 Å². The fourth-order valence-electron chi connectivity index (χ4n) is 3.41. The van der Waals surface area contributed by atoms with Crippen LogP contribution in [0.25, 0.3) is 0 Å². The van der Waals surface area contributed by atoms with E-state index in [1.54, 1.807) is 0 Å². The normalized spacial score (nSPS) is 11.8. The Hall–Kier alpha value is -4.00. The summed E-state index contributed by atoms with van der Waals surface area (Å²) in [6.45, 7) is 4.21. The molecule has 0 spiro atoms. The first-order chi connectivity index (χ1) is 17.1. The number of rotatable bonds is 12. The van der Waals surface area contributed by atoms with Crippen LogP contribution in [0.1, 0.15) is 84.6 Å². The molecule has 0 atom stereocenters. The predicted molar refractivity (Wildman–Crippen MR) is 139 cm³/mol. The summed E-state index contributed by atoms with van der Waals surface area (Å²) in [6.07, 6.45) is 5.43. The van der Waals surface area contributed by atoms with Crippen molar-refractivity contribution < 1.29 is 14.0 Å². The first-order valence-electron chi connectivity index (χ1n) is 12.1. The van der Waals surface area contributed by atoms with Crippen molar-refractivity contribution >= 4 is 23.2 Å². The SMILES string of the molecule is CCCCC(=NNC(=O)c1ccc(C(=O)NN=C(CCCC)c2ccccc2)o1)c1ccccc1. The van der Waals surface area contributed by atoms with Gasteiger partial charge in [-0.1, -0.05) is 87.4 Å². The van der Waals surface area contributed by atoms with Crippen LogP contribution in [0.4, 0.5) is 0 Å². The van der Waals surface area contributed by atoms with E-state index < -0.39 is 11.8 Å². The van der Waals surface area contributed by atoms with E-state index in [1.165, 1.54) is 12.1 Å². The van der Waals surface area contributed by atoms with Crippen molar-refractivity contribution in [2.75, 3.05) is 0 Å². The second-order valence-electron chi connectivity index (χ2n) is 8.10. The second-order valence-corrected chi connectivity index (χ2v) is 8.10. The first-order valence-corrected chi connectivity index (χ1v) is 12.1. The van der Waals surface area contributed by atoms with Crippen LogP contribution in [0.15, 0.2) is 87.4 Å². The zero-order valence-electron chi connectivity index (χ0n) is 20.3. The third-order valence-electron chi connectivity index (χ3n) is 5.39. The van der Waals surface area contributed by atoms with Gasteiger partial charge >= 0.3 is 11.8 Å². The third-order valence-corrected chi connectivity index (χ3v) is 5.39. The molecule has 0 fully saturated rings. The van der Waals surface area contributed by atoms with Crippen molar-refractivity contribution in [2.45, 2.75) is 52.4 Å². The van der Waals surface area contributed by atoms with Gasteiger partial charge < -0.3 is 4.42 Å². The van der Waals surface area contributed by atoms with Gasteiger partial charge in [0, 0.05) is 0 Å². The quantitative estimate of drug-likeness (QED) is 0.253. The molecule has 2 amide bonds. The average Bonchev–Trinajstić information content (AvgIpc) is 3.40. The van der Waals surface area contributed by atoms with Crippen LogP contribution < -0.4 is 10.9 Å². The Bertz CT molecular complexity index is 1060. The highest BCUT2D eigenvalue weighted by Crippen LogP contribution is 2.11. The van der Waals surface area contributed by atoms with Crippen LogP contribution in [-0.2, 0) is 0 Å². The van der Waals surface area contributed by atoms with E-state index in [9.17, 15) is 9.59 Å². The van der Waals surface area contributed by atoms with Crippen molar-refractivity contribution in [3.05, 3.63) is 95.4 Å². The molecule has 2 N–H and O–H groups in total. The van der Waals surface area contributed by atoms with Crippen LogP contribution in [0, 0.1) is 0 Å². The smallest absolute Gasteiger partial charge is 0.307 e. The highest BCUT2D eigenvalue weighted by Gasteiger charge is 2.16. The van der Waals surface area contributed by atoms with Crippen molar-refractivity contribution in [2.24, 2.45) is 10.2 Å². The van der Waals surface area contributed by atoms with E-state index in [2.05, 4.69) is 34.9 Å². The van der Waals surface area contributed by atoms with Crippen LogP contribution in [0.5, 0.6) is 0 Å². The lowest BCUT2D eigenvalue weighted by Gasteiger charge is -2.07. The molecule has 1 heterocycles. The van der Waals surface area contributed by atoms with Gasteiger partial charge in [0.2, 0.25) is 0 Å². The minimum atomic E-state index is -0.523. The Balaban J connectivity index is 1.67. The van der Waals surface area contributed by atoms with Gasteiger partial charge in [-0.15, -0.1) is 0 Å². The number of benzene rings is 2. The van der Waals surface area contributed by atoms with E-state index in [1.807, 2.05) is 60.7 Å². The van der Waals surface area contributed by atoms with Gasteiger partial charge in [-0.2, -0.15) is 10.2 Å². The molecule has 0 bridgehead atoms. The lowest BCUT2D eigenvalue weighted by molar-refractivity contribution is 0.0902. The number of carbonyl (C=O) groups is 2. The molecular weight excluding hydrogens is 440 g/mol. The van der Waals surface area contributed by atoms with Crippen molar-refractivity contribution in [1.82, 2.24) is 10.9 Å². The molecule has 7 heteroatoms. The maximum atomic E-state index is 12.6. The number of nitrogens with zero attached hydrogens (tertiary/aromatic N) is 2. The Morgan fingerprint density at radius 2 is 1.06 bits per heavy atom. The summed E-state index contributed by atoms with van der Waals surface area (Å²) in [5.41, 5.74) is 8.59. The monoisotopic (exact) mass is 472 g/mol. The molecule has 0 radical (unpaired) electrons. The van der Waals surface area contributed by atoms with Crippen LogP contribution in [-0.4, -0.2) is 23.2 Å². The molecule has 0 aliphatic carbocycles. The number of carbonyl (C=O) groups excluding carboxylic acids is 2. The molecule has 2 aromatic carbocycles. The molecule has 0 aliphatic heterocycles. The molecule has 0 aliphatic rings. The molecule has 182 valence electrons. The average molecular weight is 473 g/mol. The predicted octanol–water partition coefficient (Wildman–Crippen LogP) is 5.93. The molecule has 3 aromatic rings. The standard InChI is InChI=1S/C28H32N4O3/c1-3-5-17-23(21-13-9-7-10-14-21)29-31-27(33)25-19-20-26(35-25)28(34)32-30-24(18-6-4-2)22-15-11-8-12-16-22/h7-16,19-20H,3-6,17-18H2,1-2H3,(H,31,33)(H,32,34). The minimum absolute atomic E-state index is 0.0000450. The Labute approximate surface area is 206 Å². The third kappa shape index (κ3) is 7.78.